The fraction of sp³-hybridized carbons (Fsp3) is 0.200. The van der Waals surface area contributed by atoms with Crippen LogP contribution in [0.4, 0.5) is 0 Å². The number of aryl methyl sites for hydroxylation is 1. The largest absolute Gasteiger partial charge is 0.463 e. The maximum atomic E-state index is 11.5. The molecule has 1 aromatic rings. The van der Waals surface area contributed by atoms with Gasteiger partial charge in [-0.3, -0.25) is 4.79 Å². The van der Waals surface area contributed by atoms with Crippen LogP contribution in [0.5, 0.6) is 0 Å². The highest BCUT2D eigenvalue weighted by Crippen LogP contribution is 2.17. The predicted octanol–water partition coefficient (Wildman–Crippen LogP) is 1.96. The third-order valence-electron chi connectivity index (χ3n) is 1.81. The maximum Gasteiger partial charge on any atom is 0.379 e. The molecule has 1 rings (SSSR count). The number of carbonyl (C=O) groups excluding carboxylic acids is 2. The molecule has 0 saturated heterocycles. The van der Waals surface area contributed by atoms with Gasteiger partial charge in [0.15, 0.2) is 0 Å². The lowest BCUT2D eigenvalue weighted by Gasteiger charge is -2.04. The second kappa shape index (κ2) is 4.54. The number of ether oxygens (including phenoxy) is 1. The Morgan fingerprint density at radius 2 is 2.00 bits per heavy atom. The van der Waals surface area contributed by atoms with Crippen LogP contribution >= 0.6 is 22.6 Å². The van der Waals surface area contributed by atoms with Crippen molar-refractivity contribution in [3.8, 4) is 0 Å². The van der Waals surface area contributed by atoms with E-state index in [1.54, 1.807) is 12.1 Å². The Morgan fingerprint density at radius 1 is 1.36 bits per heavy atom. The Kier molecular flexibility index (Phi) is 3.62. The first-order valence-electron chi connectivity index (χ1n) is 3.95. The van der Waals surface area contributed by atoms with Gasteiger partial charge in [-0.15, -0.1) is 0 Å². The smallest absolute Gasteiger partial charge is 0.379 e. The maximum absolute atomic E-state index is 11.5. The van der Waals surface area contributed by atoms with E-state index in [2.05, 4.69) is 4.74 Å². The van der Waals surface area contributed by atoms with Crippen molar-refractivity contribution in [2.24, 2.45) is 0 Å². The first-order valence-corrected chi connectivity index (χ1v) is 5.03. The molecule has 0 unspecified atom stereocenters. The fourth-order valence-electron chi connectivity index (χ4n) is 1.03. The number of hydrogen-bond donors (Lipinski definition) is 0. The van der Waals surface area contributed by atoms with Crippen LogP contribution < -0.4 is 0 Å². The number of carbonyl (C=O) groups is 2. The van der Waals surface area contributed by atoms with Crippen LogP contribution in [-0.4, -0.2) is 18.9 Å². The molecule has 0 radical (unpaired) electrons. The summed E-state index contributed by atoms with van der Waals surface area (Å²) in [6, 6.07) is 5.25. The summed E-state index contributed by atoms with van der Waals surface area (Å²) in [7, 11) is 1.20. The zero-order valence-corrected chi connectivity index (χ0v) is 9.99. The molecule has 0 aliphatic rings. The average Bonchev–Trinajstić information content (AvgIpc) is 2.20. The third kappa shape index (κ3) is 2.12. The van der Waals surface area contributed by atoms with Gasteiger partial charge in [0.1, 0.15) is 0 Å². The Morgan fingerprint density at radius 3 is 2.57 bits per heavy atom. The van der Waals surface area contributed by atoms with Crippen LogP contribution in [0.15, 0.2) is 18.2 Å². The zero-order chi connectivity index (χ0) is 10.7. The van der Waals surface area contributed by atoms with E-state index in [1.807, 2.05) is 35.6 Å². The molecule has 0 aliphatic heterocycles. The quantitative estimate of drug-likeness (QED) is 0.363. The molecule has 3 nitrogen and oxygen atoms in total. The van der Waals surface area contributed by atoms with E-state index in [4.69, 9.17) is 0 Å². The topological polar surface area (TPSA) is 43.4 Å². The van der Waals surface area contributed by atoms with Crippen molar-refractivity contribution in [1.29, 1.82) is 0 Å². The fourth-order valence-corrected chi connectivity index (χ4v) is 1.63. The first kappa shape index (κ1) is 11.2. The van der Waals surface area contributed by atoms with Crippen LogP contribution in [0.3, 0.4) is 0 Å². The summed E-state index contributed by atoms with van der Waals surface area (Å²) in [6.07, 6.45) is 0. The molecule has 74 valence electrons. The monoisotopic (exact) mass is 304 g/mol. The molecule has 0 aliphatic carbocycles. The Labute approximate surface area is 95.6 Å². The minimum absolute atomic E-state index is 0.400. The van der Waals surface area contributed by atoms with Crippen molar-refractivity contribution in [3.05, 3.63) is 32.9 Å². The van der Waals surface area contributed by atoms with Crippen LogP contribution in [0.2, 0.25) is 0 Å². The lowest BCUT2D eigenvalue weighted by atomic mass is 10.1. The van der Waals surface area contributed by atoms with Gasteiger partial charge in [0, 0.05) is 9.13 Å². The van der Waals surface area contributed by atoms with Gasteiger partial charge in [-0.1, -0.05) is 12.1 Å². The first-order chi connectivity index (χ1) is 6.57. The Hall–Kier alpha value is -0.910. The van der Waals surface area contributed by atoms with E-state index in [9.17, 15) is 9.59 Å². The number of benzene rings is 1. The van der Waals surface area contributed by atoms with Crippen LogP contribution in [0.25, 0.3) is 0 Å². The minimum Gasteiger partial charge on any atom is -0.463 e. The lowest BCUT2D eigenvalue weighted by Crippen LogP contribution is -2.17. The average molecular weight is 304 g/mol. The van der Waals surface area contributed by atoms with Crippen LogP contribution in [0, 0.1) is 10.5 Å². The molecule has 14 heavy (non-hydrogen) atoms. The molecular weight excluding hydrogens is 295 g/mol. The molecule has 1 aromatic carbocycles. The second-order valence-electron chi connectivity index (χ2n) is 2.76. The van der Waals surface area contributed by atoms with Gasteiger partial charge in [0.2, 0.25) is 0 Å². The summed E-state index contributed by atoms with van der Waals surface area (Å²) in [4.78, 5) is 22.5. The molecule has 0 amide bonds. The second-order valence-corrected chi connectivity index (χ2v) is 3.84. The Bertz CT molecular complexity index is 385. The number of esters is 1. The van der Waals surface area contributed by atoms with Crippen molar-refractivity contribution in [2.75, 3.05) is 7.11 Å². The molecule has 0 saturated carbocycles. The molecule has 0 bridgehead atoms. The Balaban J connectivity index is 3.14. The van der Waals surface area contributed by atoms with Gasteiger partial charge >= 0.3 is 5.97 Å². The molecule has 0 aromatic heterocycles. The number of methoxy groups -OCH3 is 1. The van der Waals surface area contributed by atoms with Crippen molar-refractivity contribution in [3.63, 3.8) is 0 Å². The number of ketones is 1. The molecular formula is C10H9IO3. The van der Waals surface area contributed by atoms with E-state index in [0.717, 1.165) is 9.13 Å². The summed E-state index contributed by atoms with van der Waals surface area (Å²) in [5, 5.41) is 0. The van der Waals surface area contributed by atoms with E-state index < -0.39 is 11.8 Å². The molecule has 0 spiro atoms. The van der Waals surface area contributed by atoms with Crippen LogP contribution in [-0.2, 0) is 9.53 Å². The molecule has 0 N–H and O–H groups in total. The normalized spacial score (nSPS) is 9.64. The summed E-state index contributed by atoms with van der Waals surface area (Å²) in [5.41, 5.74) is 1.37. The van der Waals surface area contributed by atoms with E-state index >= 15 is 0 Å². The number of hydrogen-bond acceptors (Lipinski definition) is 3. The summed E-state index contributed by atoms with van der Waals surface area (Å²) in [6.45, 7) is 1.88. The molecule has 4 heteroatoms. The molecule has 0 heterocycles. The van der Waals surface area contributed by atoms with Gasteiger partial charge in [-0.05, 0) is 41.1 Å². The van der Waals surface area contributed by atoms with Gasteiger partial charge < -0.3 is 4.74 Å². The predicted molar refractivity (Wildman–Crippen MR) is 60.2 cm³/mol. The van der Waals surface area contributed by atoms with Gasteiger partial charge in [-0.2, -0.15) is 0 Å². The van der Waals surface area contributed by atoms with E-state index in [0.29, 0.717) is 5.56 Å². The standard InChI is InChI=1S/C10H9IO3/c1-6-4-3-5-7(8(6)11)9(12)10(13)14-2/h3-5H,1-2H3. The van der Waals surface area contributed by atoms with Gasteiger partial charge in [0.25, 0.3) is 5.78 Å². The highest BCUT2D eigenvalue weighted by Gasteiger charge is 2.19. The lowest BCUT2D eigenvalue weighted by molar-refractivity contribution is -0.135. The zero-order valence-electron chi connectivity index (χ0n) is 7.83. The van der Waals surface area contributed by atoms with Crippen molar-refractivity contribution in [1.82, 2.24) is 0 Å². The number of Topliss-reactive ketones (excluding diaryl/α,β-unsaturated/α-hetero) is 1. The van der Waals surface area contributed by atoms with E-state index in [1.165, 1.54) is 7.11 Å². The highest BCUT2D eigenvalue weighted by atomic mass is 127. The highest BCUT2D eigenvalue weighted by molar-refractivity contribution is 14.1. The summed E-state index contributed by atoms with van der Waals surface area (Å²) < 4.78 is 5.16. The van der Waals surface area contributed by atoms with Gasteiger partial charge in [-0.25, -0.2) is 4.79 Å². The minimum atomic E-state index is -0.825. The molecule has 0 atom stereocenters. The van der Waals surface area contributed by atoms with Crippen molar-refractivity contribution >= 4 is 34.3 Å². The number of halogens is 1. The molecule has 0 fully saturated rings. The third-order valence-corrected chi connectivity index (χ3v) is 3.24. The van der Waals surface area contributed by atoms with Gasteiger partial charge in [0.05, 0.1) is 7.11 Å². The van der Waals surface area contributed by atoms with Crippen molar-refractivity contribution < 1.29 is 14.3 Å². The van der Waals surface area contributed by atoms with E-state index in [-0.39, 0.29) is 0 Å². The van der Waals surface area contributed by atoms with Crippen LogP contribution in [0.1, 0.15) is 15.9 Å². The van der Waals surface area contributed by atoms with Crippen molar-refractivity contribution in [2.45, 2.75) is 6.92 Å². The summed E-state index contributed by atoms with van der Waals surface area (Å²) >= 11 is 2.04. The SMILES string of the molecule is COC(=O)C(=O)c1cccc(C)c1I. The summed E-state index contributed by atoms with van der Waals surface area (Å²) in [5.74, 6) is -1.42. The number of rotatable bonds is 2.